The molecule has 0 heterocycles. The van der Waals surface area contributed by atoms with Crippen LogP contribution in [0.2, 0.25) is 0 Å². The fraction of sp³-hybridized carbons (Fsp3) is 0.706. The summed E-state index contributed by atoms with van der Waals surface area (Å²) in [6.45, 7) is 2.25. The lowest BCUT2D eigenvalue weighted by atomic mass is 10.1. The van der Waals surface area contributed by atoms with Crippen molar-refractivity contribution < 1.29 is 9.53 Å². The molecule has 0 aromatic carbocycles. The van der Waals surface area contributed by atoms with Crippen LogP contribution in [0.4, 0.5) is 0 Å². The summed E-state index contributed by atoms with van der Waals surface area (Å²) < 4.78 is 4.59. The van der Waals surface area contributed by atoms with Crippen molar-refractivity contribution in [3.05, 3.63) is 24.3 Å². The summed E-state index contributed by atoms with van der Waals surface area (Å²) in [7, 11) is 1.44. The summed E-state index contributed by atoms with van der Waals surface area (Å²) in [5, 5.41) is 0. The molecule has 0 atom stereocenters. The van der Waals surface area contributed by atoms with E-state index in [4.69, 9.17) is 0 Å². The number of allylic oxidation sites excluding steroid dienone is 4. The zero-order valence-corrected chi connectivity index (χ0v) is 12.7. The van der Waals surface area contributed by atoms with Crippen molar-refractivity contribution in [1.82, 2.24) is 0 Å². The van der Waals surface area contributed by atoms with Crippen molar-refractivity contribution in [3.63, 3.8) is 0 Å². The number of carbonyl (C=O) groups is 1. The Kier molecular flexibility index (Phi) is 14.2. The van der Waals surface area contributed by atoms with E-state index in [-0.39, 0.29) is 5.97 Å². The van der Waals surface area contributed by atoms with Crippen molar-refractivity contribution >= 4 is 5.97 Å². The fourth-order valence-corrected chi connectivity index (χ4v) is 1.85. The van der Waals surface area contributed by atoms with Gasteiger partial charge in [-0.15, -0.1) is 0 Å². The molecule has 0 spiro atoms. The van der Waals surface area contributed by atoms with Gasteiger partial charge in [0, 0.05) is 6.42 Å². The summed E-state index contributed by atoms with van der Waals surface area (Å²) in [5.74, 6) is -0.105. The van der Waals surface area contributed by atoms with Crippen LogP contribution in [0, 0.1) is 0 Å². The molecule has 0 aliphatic carbocycles. The number of esters is 1. The molecule has 2 nitrogen and oxygen atoms in total. The standard InChI is InChI=1S/C17H30O2/c1-3-4-5-6-7-8-9-10-11-12-13-14-15-16-17(18)19-2/h9-12H,3-8,13-16H2,1-2H3/b10-9-,12-11+. The van der Waals surface area contributed by atoms with E-state index in [2.05, 4.69) is 36.0 Å². The molecule has 0 rings (SSSR count). The Labute approximate surface area is 118 Å². The summed E-state index contributed by atoms with van der Waals surface area (Å²) in [4.78, 5) is 10.9. The second-order valence-corrected chi connectivity index (χ2v) is 4.88. The van der Waals surface area contributed by atoms with Gasteiger partial charge in [0.25, 0.3) is 0 Å². The number of hydrogen-bond donors (Lipinski definition) is 0. The van der Waals surface area contributed by atoms with Crippen LogP contribution in [0.3, 0.4) is 0 Å². The molecule has 0 aromatic rings. The van der Waals surface area contributed by atoms with E-state index in [1.54, 1.807) is 0 Å². The maximum atomic E-state index is 10.9. The molecule has 0 saturated carbocycles. The Morgan fingerprint density at radius 3 is 2.05 bits per heavy atom. The lowest BCUT2D eigenvalue weighted by molar-refractivity contribution is -0.140. The first kappa shape index (κ1) is 17.9. The van der Waals surface area contributed by atoms with E-state index in [9.17, 15) is 4.79 Å². The van der Waals surface area contributed by atoms with Crippen LogP contribution in [-0.2, 0) is 9.53 Å². The number of carbonyl (C=O) groups excluding carboxylic acids is 1. The summed E-state index contributed by atoms with van der Waals surface area (Å²) in [6.07, 6.45) is 20.1. The Hall–Kier alpha value is -1.05. The largest absolute Gasteiger partial charge is 0.469 e. The van der Waals surface area contributed by atoms with Crippen LogP contribution in [-0.4, -0.2) is 13.1 Å². The smallest absolute Gasteiger partial charge is 0.305 e. The lowest BCUT2D eigenvalue weighted by Gasteiger charge is -1.96. The van der Waals surface area contributed by atoms with Gasteiger partial charge in [-0.05, 0) is 32.1 Å². The van der Waals surface area contributed by atoms with E-state index in [0.29, 0.717) is 6.42 Å². The number of methoxy groups -OCH3 is 1. The van der Waals surface area contributed by atoms with Crippen molar-refractivity contribution in [3.8, 4) is 0 Å². The van der Waals surface area contributed by atoms with Gasteiger partial charge in [0.2, 0.25) is 0 Å². The van der Waals surface area contributed by atoms with Gasteiger partial charge in [0.1, 0.15) is 0 Å². The highest BCUT2D eigenvalue weighted by atomic mass is 16.5. The first-order chi connectivity index (χ1) is 9.31. The molecule has 0 bridgehead atoms. The van der Waals surface area contributed by atoms with Gasteiger partial charge >= 0.3 is 5.97 Å². The zero-order chi connectivity index (χ0) is 14.2. The van der Waals surface area contributed by atoms with Gasteiger partial charge in [0.15, 0.2) is 0 Å². The van der Waals surface area contributed by atoms with Gasteiger partial charge in [-0.25, -0.2) is 0 Å². The molecule has 0 saturated heterocycles. The van der Waals surface area contributed by atoms with E-state index in [0.717, 1.165) is 19.3 Å². The highest BCUT2D eigenvalue weighted by Crippen LogP contribution is 2.05. The minimum Gasteiger partial charge on any atom is -0.469 e. The first-order valence-corrected chi connectivity index (χ1v) is 7.69. The number of hydrogen-bond acceptors (Lipinski definition) is 2. The highest BCUT2D eigenvalue weighted by Gasteiger charge is 1.97. The molecule has 0 radical (unpaired) electrons. The third-order valence-corrected chi connectivity index (χ3v) is 3.09. The first-order valence-electron chi connectivity index (χ1n) is 7.69. The normalized spacial score (nSPS) is 11.5. The molecule has 0 unspecified atom stereocenters. The number of ether oxygens (including phenoxy) is 1. The van der Waals surface area contributed by atoms with Crippen LogP contribution < -0.4 is 0 Å². The highest BCUT2D eigenvalue weighted by molar-refractivity contribution is 5.68. The van der Waals surface area contributed by atoms with Crippen LogP contribution in [0.25, 0.3) is 0 Å². The predicted molar refractivity (Wildman–Crippen MR) is 82.1 cm³/mol. The Morgan fingerprint density at radius 1 is 0.895 bits per heavy atom. The molecule has 0 aliphatic rings. The Bertz CT molecular complexity index is 254. The van der Waals surface area contributed by atoms with Crippen LogP contribution in [0.1, 0.15) is 71.1 Å². The third kappa shape index (κ3) is 14.9. The topological polar surface area (TPSA) is 26.3 Å². The average Bonchev–Trinajstić information content (AvgIpc) is 2.43. The molecule has 110 valence electrons. The summed E-state index contributed by atoms with van der Waals surface area (Å²) in [5.41, 5.74) is 0. The molecule has 0 amide bonds. The zero-order valence-electron chi connectivity index (χ0n) is 12.7. The minimum atomic E-state index is -0.105. The SMILES string of the molecule is CCCCCCC/C=C\C=C\CCCCC(=O)OC. The number of unbranched alkanes of at least 4 members (excludes halogenated alkanes) is 7. The molecule has 0 fully saturated rings. The molecule has 0 aromatic heterocycles. The Morgan fingerprint density at radius 2 is 1.47 bits per heavy atom. The van der Waals surface area contributed by atoms with Crippen molar-refractivity contribution in [2.24, 2.45) is 0 Å². The van der Waals surface area contributed by atoms with Crippen LogP contribution in [0.15, 0.2) is 24.3 Å². The molecule has 0 N–H and O–H groups in total. The van der Waals surface area contributed by atoms with Crippen LogP contribution in [0.5, 0.6) is 0 Å². The maximum Gasteiger partial charge on any atom is 0.305 e. The molecular formula is C17H30O2. The number of rotatable bonds is 12. The predicted octanol–water partition coefficient (Wildman–Crippen LogP) is 5.19. The lowest BCUT2D eigenvalue weighted by Crippen LogP contribution is -1.98. The van der Waals surface area contributed by atoms with E-state index < -0.39 is 0 Å². The van der Waals surface area contributed by atoms with Gasteiger partial charge in [-0.2, -0.15) is 0 Å². The quantitative estimate of drug-likeness (QED) is 0.276. The van der Waals surface area contributed by atoms with E-state index in [1.807, 2.05) is 0 Å². The minimum absolute atomic E-state index is 0.105. The monoisotopic (exact) mass is 266 g/mol. The molecule has 19 heavy (non-hydrogen) atoms. The Balaban J connectivity index is 3.26. The summed E-state index contributed by atoms with van der Waals surface area (Å²) in [6, 6.07) is 0. The fourth-order valence-electron chi connectivity index (χ4n) is 1.85. The molecular weight excluding hydrogens is 236 g/mol. The van der Waals surface area contributed by atoms with Gasteiger partial charge in [0.05, 0.1) is 7.11 Å². The van der Waals surface area contributed by atoms with Crippen molar-refractivity contribution in [2.45, 2.75) is 71.1 Å². The van der Waals surface area contributed by atoms with Crippen LogP contribution >= 0.6 is 0 Å². The molecule has 2 heteroatoms. The second kappa shape index (κ2) is 15.0. The van der Waals surface area contributed by atoms with Gasteiger partial charge < -0.3 is 4.74 Å². The third-order valence-electron chi connectivity index (χ3n) is 3.09. The van der Waals surface area contributed by atoms with E-state index in [1.165, 1.54) is 45.6 Å². The second-order valence-electron chi connectivity index (χ2n) is 4.88. The van der Waals surface area contributed by atoms with Gasteiger partial charge in [-0.1, -0.05) is 56.9 Å². The summed E-state index contributed by atoms with van der Waals surface area (Å²) >= 11 is 0. The van der Waals surface area contributed by atoms with Crippen molar-refractivity contribution in [1.29, 1.82) is 0 Å². The maximum absolute atomic E-state index is 10.9. The van der Waals surface area contributed by atoms with Crippen molar-refractivity contribution in [2.75, 3.05) is 7.11 Å². The van der Waals surface area contributed by atoms with E-state index >= 15 is 0 Å². The molecule has 0 aliphatic heterocycles. The van der Waals surface area contributed by atoms with Gasteiger partial charge in [-0.3, -0.25) is 4.79 Å². The average molecular weight is 266 g/mol.